The summed E-state index contributed by atoms with van der Waals surface area (Å²) in [5.41, 5.74) is 2.84. The molecule has 0 unspecified atom stereocenters. The number of nitriles is 1. The first-order valence-corrected chi connectivity index (χ1v) is 4.79. The fraction of sp³-hybridized carbons (Fsp3) is 0.167. The molecule has 0 radical (unpaired) electrons. The summed E-state index contributed by atoms with van der Waals surface area (Å²) in [5.74, 6) is 0.832. The zero-order chi connectivity index (χ0) is 10.7. The maximum absolute atomic E-state index is 8.62. The Morgan fingerprint density at radius 2 is 2.00 bits per heavy atom. The van der Waals surface area contributed by atoms with E-state index in [0.29, 0.717) is 6.42 Å². The van der Waals surface area contributed by atoms with Crippen molar-refractivity contribution >= 4 is 12.4 Å². The van der Waals surface area contributed by atoms with Crippen LogP contribution in [0.25, 0.3) is 11.4 Å². The molecule has 1 aromatic heterocycles. The maximum atomic E-state index is 8.62. The molecule has 0 aliphatic rings. The average Bonchev–Trinajstić information content (AvgIpc) is 2.63. The van der Waals surface area contributed by atoms with Gasteiger partial charge in [0.05, 0.1) is 18.2 Å². The Morgan fingerprint density at radius 3 is 2.62 bits per heavy atom. The van der Waals surface area contributed by atoms with E-state index in [1.165, 1.54) is 0 Å². The van der Waals surface area contributed by atoms with Crippen LogP contribution < -0.4 is 0 Å². The zero-order valence-electron chi connectivity index (χ0n) is 8.90. The van der Waals surface area contributed by atoms with Gasteiger partial charge in [0.15, 0.2) is 0 Å². The van der Waals surface area contributed by atoms with Crippen molar-refractivity contribution in [1.29, 1.82) is 5.26 Å². The highest BCUT2D eigenvalue weighted by Crippen LogP contribution is 2.17. The van der Waals surface area contributed by atoms with E-state index in [0.717, 1.165) is 22.8 Å². The van der Waals surface area contributed by atoms with Crippen molar-refractivity contribution in [2.75, 3.05) is 0 Å². The molecule has 1 heterocycles. The molecule has 0 amide bonds. The quantitative estimate of drug-likeness (QED) is 0.867. The number of aromatic amines is 1. The van der Waals surface area contributed by atoms with E-state index in [1.54, 1.807) is 0 Å². The van der Waals surface area contributed by atoms with Gasteiger partial charge in [-0.2, -0.15) is 5.26 Å². The minimum Gasteiger partial charge on any atom is -0.342 e. The Balaban J connectivity index is 0.00000128. The molecule has 16 heavy (non-hydrogen) atoms. The second-order valence-corrected chi connectivity index (χ2v) is 3.36. The minimum atomic E-state index is 0. The van der Waals surface area contributed by atoms with E-state index in [2.05, 4.69) is 16.0 Å². The van der Waals surface area contributed by atoms with Gasteiger partial charge in [-0.3, -0.25) is 0 Å². The number of H-pyrrole nitrogens is 1. The highest BCUT2D eigenvalue weighted by molar-refractivity contribution is 5.85. The van der Waals surface area contributed by atoms with Crippen molar-refractivity contribution in [1.82, 2.24) is 9.97 Å². The van der Waals surface area contributed by atoms with Crippen molar-refractivity contribution < 1.29 is 0 Å². The molecule has 0 atom stereocenters. The van der Waals surface area contributed by atoms with Crippen LogP contribution in [0.5, 0.6) is 0 Å². The topological polar surface area (TPSA) is 52.5 Å². The summed E-state index contributed by atoms with van der Waals surface area (Å²) in [5, 5.41) is 8.62. The molecule has 1 aromatic carbocycles. The van der Waals surface area contributed by atoms with Crippen LogP contribution in [0.3, 0.4) is 0 Å². The molecule has 0 saturated heterocycles. The minimum absolute atomic E-state index is 0. The van der Waals surface area contributed by atoms with E-state index in [9.17, 15) is 0 Å². The number of hydrogen-bond donors (Lipinski definition) is 1. The number of aryl methyl sites for hydroxylation is 1. The second kappa shape index (κ2) is 5.34. The third kappa shape index (κ3) is 2.41. The monoisotopic (exact) mass is 233 g/mol. The van der Waals surface area contributed by atoms with Crippen LogP contribution in [0.1, 0.15) is 11.4 Å². The lowest BCUT2D eigenvalue weighted by atomic mass is 10.2. The molecule has 3 nitrogen and oxygen atoms in total. The van der Waals surface area contributed by atoms with Gasteiger partial charge in [-0.15, -0.1) is 12.4 Å². The number of nitrogens with zero attached hydrogens (tertiary/aromatic N) is 2. The Labute approximate surface area is 101 Å². The van der Waals surface area contributed by atoms with Gasteiger partial charge in [0.2, 0.25) is 0 Å². The number of hydrogen-bond acceptors (Lipinski definition) is 2. The Morgan fingerprint density at radius 1 is 1.31 bits per heavy atom. The Hall–Kier alpha value is -1.79. The second-order valence-electron chi connectivity index (χ2n) is 3.36. The normalized spacial score (nSPS) is 9.25. The van der Waals surface area contributed by atoms with Crippen molar-refractivity contribution in [2.45, 2.75) is 13.3 Å². The summed E-state index contributed by atoms with van der Waals surface area (Å²) in [6.45, 7) is 1.94. The van der Waals surface area contributed by atoms with E-state index in [4.69, 9.17) is 5.26 Å². The predicted molar refractivity (Wildman–Crippen MR) is 65.3 cm³/mol. The van der Waals surface area contributed by atoms with Crippen LogP contribution in [0.15, 0.2) is 30.3 Å². The lowest BCUT2D eigenvalue weighted by Gasteiger charge is -1.93. The van der Waals surface area contributed by atoms with Crippen molar-refractivity contribution in [3.63, 3.8) is 0 Å². The molecule has 4 heteroatoms. The molecular formula is C12H12ClN3. The molecule has 2 rings (SSSR count). The fourth-order valence-electron chi connectivity index (χ4n) is 1.48. The van der Waals surface area contributed by atoms with Gasteiger partial charge < -0.3 is 4.98 Å². The van der Waals surface area contributed by atoms with Crippen molar-refractivity contribution in [3.05, 3.63) is 41.7 Å². The fourth-order valence-corrected chi connectivity index (χ4v) is 1.48. The summed E-state index contributed by atoms with van der Waals surface area (Å²) in [4.78, 5) is 7.58. The van der Waals surface area contributed by atoms with Crippen molar-refractivity contribution in [3.8, 4) is 17.5 Å². The van der Waals surface area contributed by atoms with E-state index < -0.39 is 0 Å². The van der Waals surface area contributed by atoms with Gasteiger partial charge in [-0.25, -0.2) is 4.98 Å². The first-order chi connectivity index (χ1) is 7.31. The zero-order valence-corrected chi connectivity index (χ0v) is 9.71. The van der Waals surface area contributed by atoms with Crippen molar-refractivity contribution in [2.24, 2.45) is 0 Å². The van der Waals surface area contributed by atoms with Gasteiger partial charge >= 0.3 is 0 Å². The summed E-state index contributed by atoms with van der Waals surface area (Å²) < 4.78 is 0. The third-order valence-electron chi connectivity index (χ3n) is 2.28. The largest absolute Gasteiger partial charge is 0.342 e. The van der Waals surface area contributed by atoms with Gasteiger partial charge in [-0.05, 0) is 6.92 Å². The number of halogens is 1. The molecule has 0 aliphatic heterocycles. The number of nitrogens with one attached hydrogen (secondary N) is 1. The van der Waals surface area contributed by atoms with Crippen LogP contribution >= 0.6 is 12.4 Å². The lowest BCUT2D eigenvalue weighted by Crippen LogP contribution is -1.84. The van der Waals surface area contributed by atoms with Crippen LogP contribution in [0.2, 0.25) is 0 Å². The summed E-state index contributed by atoms with van der Waals surface area (Å²) >= 11 is 0. The van der Waals surface area contributed by atoms with E-state index in [-0.39, 0.29) is 12.4 Å². The highest BCUT2D eigenvalue weighted by atomic mass is 35.5. The highest BCUT2D eigenvalue weighted by Gasteiger charge is 2.06. The molecule has 0 aliphatic carbocycles. The molecular weight excluding hydrogens is 222 g/mol. The SMILES string of the molecule is Cc1[nH]c(-c2ccccc2)nc1CC#N.Cl. The number of rotatable bonds is 2. The molecule has 82 valence electrons. The van der Waals surface area contributed by atoms with E-state index >= 15 is 0 Å². The Bertz CT molecular complexity index is 497. The van der Waals surface area contributed by atoms with Gasteiger partial charge in [0.1, 0.15) is 5.82 Å². The number of aromatic nitrogens is 2. The first-order valence-electron chi connectivity index (χ1n) is 4.79. The van der Waals surface area contributed by atoms with Crippen LogP contribution in [-0.2, 0) is 6.42 Å². The van der Waals surface area contributed by atoms with Gasteiger partial charge in [0.25, 0.3) is 0 Å². The third-order valence-corrected chi connectivity index (χ3v) is 2.28. The molecule has 0 fully saturated rings. The molecule has 0 spiro atoms. The van der Waals surface area contributed by atoms with E-state index in [1.807, 2.05) is 37.3 Å². The number of benzene rings is 1. The van der Waals surface area contributed by atoms with Crippen LogP contribution in [-0.4, -0.2) is 9.97 Å². The average molecular weight is 234 g/mol. The molecule has 0 bridgehead atoms. The molecule has 0 saturated carbocycles. The van der Waals surface area contributed by atoms with Crippen LogP contribution in [0, 0.1) is 18.3 Å². The smallest absolute Gasteiger partial charge is 0.137 e. The summed E-state index contributed by atoms with van der Waals surface area (Å²) in [6.07, 6.45) is 0.356. The maximum Gasteiger partial charge on any atom is 0.137 e. The van der Waals surface area contributed by atoms with Gasteiger partial charge in [-0.1, -0.05) is 30.3 Å². The standard InChI is InChI=1S/C12H11N3.ClH/c1-9-11(7-8-13)15-12(14-9)10-5-3-2-4-6-10;/h2-6H,7H2,1H3,(H,14,15);1H. The summed E-state index contributed by atoms with van der Waals surface area (Å²) in [7, 11) is 0. The van der Waals surface area contributed by atoms with Crippen LogP contribution in [0.4, 0.5) is 0 Å². The lowest BCUT2D eigenvalue weighted by molar-refractivity contribution is 1.12. The number of imidazole rings is 1. The molecule has 1 N–H and O–H groups in total. The predicted octanol–water partition coefficient (Wildman–Crippen LogP) is 2.87. The van der Waals surface area contributed by atoms with Gasteiger partial charge in [0, 0.05) is 11.3 Å². The first kappa shape index (κ1) is 12.3. The summed E-state index contributed by atoms with van der Waals surface area (Å²) in [6, 6.07) is 12.0. The Kier molecular flexibility index (Phi) is 4.10. The molecule has 2 aromatic rings.